The molecule has 1 aromatic rings. The minimum atomic E-state index is -1.01. The van der Waals surface area contributed by atoms with E-state index in [1.54, 1.807) is 17.9 Å². The number of carbonyl (C=O) groups is 4. The van der Waals surface area contributed by atoms with Gasteiger partial charge in [0.15, 0.2) is 0 Å². The number of ether oxygens (including phenoxy) is 2. The summed E-state index contributed by atoms with van der Waals surface area (Å²) in [5, 5.41) is 3.50. The fraction of sp³-hybridized carbons (Fsp3) is 0.524. The number of hydrogen-bond acceptors (Lipinski definition) is 8. The van der Waals surface area contributed by atoms with Crippen molar-refractivity contribution in [2.45, 2.75) is 27.4 Å². The van der Waals surface area contributed by atoms with Gasteiger partial charge in [0.05, 0.1) is 44.2 Å². The largest absolute Gasteiger partial charge is 0.459 e. The molecule has 2 aliphatic rings. The second-order valence-electron chi connectivity index (χ2n) is 7.14. The third kappa shape index (κ3) is 6.31. The van der Waals surface area contributed by atoms with Gasteiger partial charge in [-0.3, -0.25) is 19.3 Å². The van der Waals surface area contributed by atoms with Gasteiger partial charge >= 0.3 is 18.0 Å². The van der Waals surface area contributed by atoms with Crippen molar-refractivity contribution < 1.29 is 37.9 Å². The van der Waals surface area contributed by atoms with Crippen molar-refractivity contribution in [3.05, 3.63) is 24.0 Å². The minimum Gasteiger partial charge on any atom is -0.459 e. The molecule has 1 aromatic carbocycles. The summed E-state index contributed by atoms with van der Waals surface area (Å²) >= 11 is 0. The highest BCUT2D eigenvalue weighted by molar-refractivity contribution is 6.32. The third-order valence-corrected chi connectivity index (χ3v) is 4.89. The van der Waals surface area contributed by atoms with Crippen LogP contribution in [0.15, 0.2) is 18.2 Å². The number of carbonyl (C=O) groups excluding carboxylic acids is 4. The Balaban J connectivity index is 0.00000385. The van der Waals surface area contributed by atoms with Crippen LogP contribution < -0.4 is 15.1 Å². The van der Waals surface area contributed by atoms with Crippen LogP contribution in [0.2, 0.25) is 0 Å². The number of esters is 1. The van der Waals surface area contributed by atoms with Crippen LogP contribution in [0.5, 0.6) is 0 Å². The van der Waals surface area contributed by atoms with E-state index < -0.39 is 29.9 Å². The van der Waals surface area contributed by atoms with Crippen LogP contribution in [0.3, 0.4) is 0 Å². The predicted molar refractivity (Wildman–Crippen MR) is 116 cm³/mol. The number of amides is 3. The summed E-state index contributed by atoms with van der Waals surface area (Å²) in [7, 11) is 0. The molecule has 3 amide bonds. The zero-order valence-corrected chi connectivity index (χ0v) is 17.8. The number of benzene rings is 1. The number of cyclic esters (lactones) is 1. The molecule has 1 atom stereocenters. The Morgan fingerprint density at radius 3 is 2.67 bits per heavy atom. The molecule has 33 heavy (non-hydrogen) atoms. The van der Waals surface area contributed by atoms with Gasteiger partial charge < -0.3 is 19.7 Å². The highest BCUT2D eigenvalue weighted by Gasteiger charge is 2.33. The summed E-state index contributed by atoms with van der Waals surface area (Å²) in [5.41, 5.74) is 0.594. The Hall–Kier alpha value is -3.41. The van der Waals surface area contributed by atoms with Crippen LogP contribution in [0.1, 0.15) is 21.3 Å². The van der Waals surface area contributed by atoms with Crippen LogP contribution in [-0.4, -0.2) is 81.0 Å². The molecule has 0 unspecified atom stereocenters. The lowest BCUT2D eigenvalue weighted by Gasteiger charge is -2.23. The van der Waals surface area contributed by atoms with E-state index in [-0.39, 0.29) is 65.0 Å². The lowest BCUT2D eigenvalue weighted by Crippen LogP contribution is -2.39. The van der Waals surface area contributed by atoms with E-state index in [1.165, 1.54) is 24.0 Å². The standard InChI is InChI=1S/C20H25FN4O7.CH4/c1-3-30-19(28)18(27)25-7-6-23(8-9-31-25)17-5-4-14(10-16(17)21)24-12-15(32-20(24)29)11-22-13(2)26;/h4-5,10,15H,3,6-9,11-12H2,1-2H3,(H,22,26);1H4/t15-;/m0./s1. The lowest BCUT2D eigenvalue weighted by molar-refractivity contribution is -0.191. The van der Waals surface area contributed by atoms with E-state index in [0.29, 0.717) is 5.69 Å². The summed E-state index contributed by atoms with van der Waals surface area (Å²) in [6, 6.07) is 4.35. The molecule has 2 fully saturated rings. The van der Waals surface area contributed by atoms with Gasteiger partial charge in [0.1, 0.15) is 11.9 Å². The molecule has 0 aromatic heterocycles. The van der Waals surface area contributed by atoms with Crippen molar-refractivity contribution in [3.63, 3.8) is 0 Å². The fourth-order valence-electron chi connectivity index (χ4n) is 3.36. The number of hydrogen-bond donors (Lipinski definition) is 1. The van der Waals surface area contributed by atoms with Crippen molar-refractivity contribution in [1.29, 1.82) is 0 Å². The molecular weight excluding hydrogens is 439 g/mol. The van der Waals surface area contributed by atoms with E-state index in [1.807, 2.05) is 0 Å². The molecule has 0 bridgehead atoms. The summed E-state index contributed by atoms with van der Waals surface area (Å²) in [5.74, 6) is -2.72. The number of anilines is 2. The average Bonchev–Trinajstić information content (AvgIpc) is 2.96. The molecule has 0 aliphatic carbocycles. The van der Waals surface area contributed by atoms with E-state index in [4.69, 9.17) is 9.57 Å². The van der Waals surface area contributed by atoms with Gasteiger partial charge in [-0.2, -0.15) is 0 Å². The molecule has 2 heterocycles. The quantitative estimate of drug-likeness (QED) is 0.504. The Kier molecular flexibility index (Phi) is 8.97. The maximum atomic E-state index is 14.9. The topological polar surface area (TPSA) is 118 Å². The first-order valence-electron chi connectivity index (χ1n) is 10.2. The summed E-state index contributed by atoms with van der Waals surface area (Å²) in [6.07, 6.45) is -1.15. The van der Waals surface area contributed by atoms with Crippen LogP contribution in [0.4, 0.5) is 20.6 Å². The maximum Gasteiger partial charge on any atom is 0.414 e. The van der Waals surface area contributed by atoms with Crippen LogP contribution in [0, 0.1) is 5.82 Å². The number of nitrogens with one attached hydrogen (secondary N) is 1. The maximum absolute atomic E-state index is 14.9. The van der Waals surface area contributed by atoms with E-state index in [0.717, 1.165) is 5.06 Å². The van der Waals surface area contributed by atoms with Crippen molar-refractivity contribution in [2.75, 3.05) is 55.7 Å². The Morgan fingerprint density at radius 1 is 1.24 bits per heavy atom. The molecular formula is C21H29FN4O7. The van der Waals surface area contributed by atoms with E-state index in [2.05, 4.69) is 10.1 Å². The Morgan fingerprint density at radius 2 is 2.00 bits per heavy atom. The molecule has 11 nitrogen and oxygen atoms in total. The zero-order chi connectivity index (χ0) is 23.3. The monoisotopic (exact) mass is 468 g/mol. The SMILES string of the molecule is C.CCOC(=O)C(=O)N1CCN(c2ccc(N3C[C@H](CNC(C)=O)OC3=O)cc2F)CCO1. The molecule has 182 valence electrons. The Labute approximate surface area is 191 Å². The molecule has 0 radical (unpaired) electrons. The normalized spacial score (nSPS) is 18.2. The molecule has 3 rings (SSSR count). The molecule has 2 saturated heterocycles. The van der Waals surface area contributed by atoms with Crippen LogP contribution >= 0.6 is 0 Å². The minimum absolute atomic E-state index is 0. The summed E-state index contributed by atoms with van der Waals surface area (Å²) in [6.45, 7) is 4.00. The highest BCUT2D eigenvalue weighted by atomic mass is 19.1. The predicted octanol–water partition coefficient (Wildman–Crippen LogP) is 1.07. The van der Waals surface area contributed by atoms with Gasteiger partial charge in [-0.1, -0.05) is 7.43 Å². The molecule has 2 aliphatic heterocycles. The molecule has 0 saturated carbocycles. The van der Waals surface area contributed by atoms with Gasteiger partial charge in [-0.15, -0.1) is 0 Å². The second-order valence-corrected chi connectivity index (χ2v) is 7.14. The zero-order valence-electron chi connectivity index (χ0n) is 17.8. The van der Waals surface area contributed by atoms with E-state index in [9.17, 15) is 23.6 Å². The average molecular weight is 468 g/mol. The smallest absolute Gasteiger partial charge is 0.414 e. The van der Waals surface area contributed by atoms with Gasteiger partial charge in [0.25, 0.3) is 0 Å². The van der Waals surface area contributed by atoms with Gasteiger partial charge in [-0.05, 0) is 25.1 Å². The summed E-state index contributed by atoms with van der Waals surface area (Å²) in [4.78, 5) is 55.1. The highest BCUT2D eigenvalue weighted by Crippen LogP contribution is 2.28. The van der Waals surface area contributed by atoms with Crippen LogP contribution in [0.25, 0.3) is 0 Å². The number of rotatable bonds is 5. The summed E-state index contributed by atoms with van der Waals surface area (Å²) < 4.78 is 24.8. The fourth-order valence-corrected chi connectivity index (χ4v) is 3.36. The van der Waals surface area contributed by atoms with Gasteiger partial charge in [-0.25, -0.2) is 19.0 Å². The van der Waals surface area contributed by atoms with Crippen molar-refractivity contribution in [3.8, 4) is 0 Å². The molecule has 1 N–H and O–H groups in total. The number of halogens is 1. The number of hydroxylamine groups is 2. The Bertz CT molecular complexity index is 897. The number of nitrogens with zero attached hydrogens (tertiary/aromatic N) is 3. The van der Waals surface area contributed by atoms with Crippen molar-refractivity contribution >= 4 is 35.3 Å². The van der Waals surface area contributed by atoms with Crippen molar-refractivity contribution in [1.82, 2.24) is 10.4 Å². The first-order chi connectivity index (χ1) is 15.3. The lowest BCUT2D eigenvalue weighted by atomic mass is 10.2. The van der Waals surface area contributed by atoms with Crippen LogP contribution in [-0.2, 0) is 28.7 Å². The molecule has 12 heteroatoms. The molecule has 0 spiro atoms. The third-order valence-electron chi connectivity index (χ3n) is 4.89. The first kappa shape index (κ1) is 25.8. The van der Waals surface area contributed by atoms with Gasteiger partial charge in [0.2, 0.25) is 5.91 Å². The van der Waals surface area contributed by atoms with Gasteiger partial charge in [0, 0.05) is 20.0 Å². The first-order valence-corrected chi connectivity index (χ1v) is 10.2. The van der Waals surface area contributed by atoms with E-state index >= 15 is 0 Å². The van der Waals surface area contributed by atoms with Crippen molar-refractivity contribution in [2.24, 2.45) is 0 Å². The second kappa shape index (κ2) is 11.5.